The molecular weight excluding hydrogens is 166 g/mol. The topological polar surface area (TPSA) is 30.5 Å². The lowest BCUT2D eigenvalue weighted by Gasteiger charge is -2.40. The van der Waals surface area contributed by atoms with Crippen molar-refractivity contribution in [2.75, 3.05) is 32.9 Å². The Bertz CT molecular complexity index is 178. The van der Waals surface area contributed by atoms with Gasteiger partial charge in [-0.25, -0.2) is 0 Å². The van der Waals surface area contributed by atoms with Gasteiger partial charge in [0, 0.05) is 19.0 Å². The van der Waals surface area contributed by atoms with Crippen LogP contribution < -0.4 is 5.32 Å². The molecule has 0 aliphatic carbocycles. The van der Waals surface area contributed by atoms with Gasteiger partial charge in [0.15, 0.2) is 0 Å². The van der Waals surface area contributed by atoms with E-state index in [0.717, 1.165) is 32.9 Å². The summed E-state index contributed by atoms with van der Waals surface area (Å²) in [6.45, 7) is 8.86. The molecule has 3 nitrogen and oxygen atoms in total. The van der Waals surface area contributed by atoms with Crippen molar-refractivity contribution in [1.82, 2.24) is 5.32 Å². The van der Waals surface area contributed by atoms with Crippen molar-refractivity contribution < 1.29 is 9.47 Å². The zero-order valence-corrected chi connectivity index (χ0v) is 8.51. The van der Waals surface area contributed by atoms with E-state index in [9.17, 15) is 0 Å². The lowest BCUT2D eigenvalue weighted by atomic mass is 9.97. The van der Waals surface area contributed by atoms with Crippen molar-refractivity contribution in [2.45, 2.75) is 19.4 Å². The fraction of sp³-hybridized carbons (Fsp3) is 1.00. The third-order valence-corrected chi connectivity index (χ3v) is 3.14. The minimum Gasteiger partial charge on any atom is -0.378 e. The summed E-state index contributed by atoms with van der Waals surface area (Å²) in [5.41, 5.74) is 0.0175. The van der Waals surface area contributed by atoms with E-state index in [1.807, 2.05) is 0 Å². The number of rotatable bonds is 1. The van der Waals surface area contributed by atoms with Crippen molar-refractivity contribution >= 4 is 0 Å². The van der Waals surface area contributed by atoms with E-state index in [4.69, 9.17) is 9.47 Å². The Hall–Kier alpha value is -0.120. The zero-order valence-electron chi connectivity index (χ0n) is 8.51. The summed E-state index contributed by atoms with van der Waals surface area (Å²) in [6, 6.07) is 0. The molecule has 0 aromatic carbocycles. The molecule has 2 heterocycles. The molecule has 2 aliphatic heterocycles. The lowest BCUT2D eigenvalue weighted by molar-refractivity contribution is -0.103. The van der Waals surface area contributed by atoms with Crippen LogP contribution in [0.3, 0.4) is 0 Å². The quantitative estimate of drug-likeness (QED) is 0.650. The third-order valence-electron chi connectivity index (χ3n) is 3.14. The number of nitrogens with one attached hydrogen (secondary N) is 1. The molecule has 13 heavy (non-hydrogen) atoms. The van der Waals surface area contributed by atoms with E-state index in [2.05, 4.69) is 19.2 Å². The summed E-state index contributed by atoms with van der Waals surface area (Å²) in [5.74, 6) is 1.23. The predicted octanol–water partition coefficient (Wildman–Crippen LogP) is 0.647. The average Bonchev–Trinajstić information content (AvgIpc) is 2.24. The first-order valence-electron chi connectivity index (χ1n) is 5.14. The fourth-order valence-corrected chi connectivity index (χ4v) is 1.76. The molecule has 0 aromatic rings. The molecule has 1 N–H and O–H groups in total. The van der Waals surface area contributed by atoms with Crippen LogP contribution in [0.25, 0.3) is 0 Å². The van der Waals surface area contributed by atoms with Gasteiger partial charge in [0.1, 0.15) is 5.60 Å². The monoisotopic (exact) mass is 185 g/mol. The maximum Gasteiger partial charge on any atom is 0.116 e. The second-order valence-electron chi connectivity index (χ2n) is 4.62. The zero-order chi connectivity index (χ0) is 9.31. The van der Waals surface area contributed by atoms with E-state index in [1.165, 1.54) is 0 Å². The van der Waals surface area contributed by atoms with E-state index < -0.39 is 0 Å². The molecule has 76 valence electrons. The van der Waals surface area contributed by atoms with Crippen molar-refractivity contribution in [3.8, 4) is 0 Å². The Morgan fingerprint density at radius 1 is 1.31 bits per heavy atom. The highest BCUT2D eigenvalue weighted by molar-refractivity contribution is 4.96. The number of ether oxygens (including phenoxy) is 2. The summed E-state index contributed by atoms with van der Waals surface area (Å²) in [7, 11) is 0. The number of hydrogen-bond donors (Lipinski definition) is 1. The highest BCUT2D eigenvalue weighted by Crippen LogP contribution is 2.24. The maximum atomic E-state index is 5.91. The Morgan fingerprint density at radius 2 is 2.08 bits per heavy atom. The molecule has 1 unspecified atom stereocenters. The largest absolute Gasteiger partial charge is 0.378 e. The minimum absolute atomic E-state index is 0.0175. The van der Waals surface area contributed by atoms with Crippen molar-refractivity contribution in [1.29, 1.82) is 0 Å². The van der Waals surface area contributed by atoms with E-state index in [1.54, 1.807) is 0 Å². The van der Waals surface area contributed by atoms with Crippen LogP contribution in [-0.4, -0.2) is 38.5 Å². The van der Waals surface area contributed by atoms with Gasteiger partial charge < -0.3 is 14.8 Å². The molecule has 1 atom stereocenters. The molecule has 2 saturated heterocycles. The van der Waals surface area contributed by atoms with Crippen LogP contribution in [-0.2, 0) is 9.47 Å². The van der Waals surface area contributed by atoms with Gasteiger partial charge in [-0.1, -0.05) is 13.8 Å². The fourth-order valence-electron chi connectivity index (χ4n) is 1.76. The molecule has 0 saturated carbocycles. The maximum absolute atomic E-state index is 5.91. The van der Waals surface area contributed by atoms with Crippen LogP contribution in [0, 0.1) is 11.8 Å². The summed E-state index contributed by atoms with van der Waals surface area (Å²) in [6.07, 6.45) is 0. The predicted molar refractivity (Wildman–Crippen MR) is 50.7 cm³/mol. The van der Waals surface area contributed by atoms with Crippen LogP contribution in [0.15, 0.2) is 0 Å². The molecule has 1 spiro atoms. The van der Waals surface area contributed by atoms with Crippen LogP contribution in [0.5, 0.6) is 0 Å². The summed E-state index contributed by atoms with van der Waals surface area (Å²) >= 11 is 0. The van der Waals surface area contributed by atoms with Crippen molar-refractivity contribution in [3.05, 3.63) is 0 Å². The van der Waals surface area contributed by atoms with Crippen LogP contribution in [0.1, 0.15) is 13.8 Å². The Morgan fingerprint density at radius 3 is 2.62 bits per heavy atom. The Balaban J connectivity index is 1.90. The smallest absolute Gasteiger partial charge is 0.116 e. The highest BCUT2D eigenvalue weighted by Gasteiger charge is 2.41. The summed E-state index contributed by atoms with van der Waals surface area (Å²) in [4.78, 5) is 0. The Labute approximate surface area is 79.8 Å². The van der Waals surface area contributed by atoms with Crippen LogP contribution in [0.4, 0.5) is 0 Å². The second-order valence-corrected chi connectivity index (χ2v) is 4.62. The number of hydrogen-bond acceptors (Lipinski definition) is 3. The van der Waals surface area contributed by atoms with Gasteiger partial charge in [0.05, 0.1) is 19.8 Å². The lowest BCUT2D eigenvalue weighted by Crippen LogP contribution is -2.63. The Kier molecular flexibility index (Phi) is 2.58. The molecule has 0 aromatic heterocycles. The average molecular weight is 185 g/mol. The second kappa shape index (κ2) is 3.56. The standard InChI is InChI=1S/C10H19NO2/c1-8(2)9-3-12-7-10(13-4-9)5-11-6-10/h8-9,11H,3-7H2,1-2H3. The van der Waals surface area contributed by atoms with Gasteiger partial charge in [-0.3, -0.25) is 0 Å². The molecule has 0 amide bonds. The summed E-state index contributed by atoms with van der Waals surface area (Å²) < 4.78 is 11.6. The molecule has 0 bridgehead atoms. The molecule has 2 fully saturated rings. The SMILES string of the molecule is CC(C)C1COCC2(CNC2)OC1. The molecule has 2 aliphatic rings. The van der Waals surface area contributed by atoms with Gasteiger partial charge in [-0.15, -0.1) is 0 Å². The molecule has 0 radical (unpaired) electrons. The third kappa shape index (κ3) is 1.87. The first-order chi connectivity index (χ1) is 6.22. The molecule has 2 rings (SSSR count). The summed E-state index contributed by atoms with van der Waals surface area (Å²) in [5, 5.41) is 3.24. The first kappa shape index (κ1) is 9.44. The van der Waals surface area contributed by atoms with E-state index >= 15 is 0 Å². The first-order valence-corrected chi connectivity index (χ1v) is 5.14. The van der Waals surface area contributed by atoms with Gasteiger partial charge in [0.2, 0.25) is 0 Å². The van der Waals surface area contributed by atoms with Crippen LogP contribution >= 0.6 is 0 Å². The van der Waals surface area contributed by atoms with E-state index in [-0.39, 0.29) is 5.60 Å². The molecular formula is C10H19NO2. The normalized spacial score (nSPS) is 33.0. The van der Waals surface area contributed by atoms with Gasteiger partial charge in [0.25, 0.3) is 0 Å². The van der Waals surface area contributed by atoms with Gasteiger partial charge in [-0.2, -0.15) is 0 Å². The van der Waals surface area contributed by atoms with Crippen molar-refractivity contribution in [2.24, 2.45) is 11.8 Å². The van der Waals surface area contributed by atoms with Crippen molar-refractivity contribution in [3.63, 3.8) is 0 Å². The van der Waals surface area contributed by atoms with Gasteiger partial charge in [-0.05, 0) is 5.92 Å². The van der Waals surface area contributed by atoms with Gasteiger partial charge >= 0.3 is 0 Å². The van der Waals surface area contributed by atoms with E-state index in [0.29, 0.717) is 11.8 Å². The minimum atomic E-state index is 0.0175. The highest BCUT2D eigenvalue weighted by atomic mass is 16.6. The molecule has 3 heteroatoms. The van der Waals surface area contributed by atoms with Crippen LogP contribution in [0.2, 0.25) is 0 Å².